The first-order valence-corrected chi connectivity index (χ1v) is 5.19. The van der Waals surface area contributed by atoms with E-state index >= 15 is 0 Å². The fourth-order valence-electron chi connectivity index (χ4n) is 1.31. The van der Waals surface area contributed by atoms with Crippen LogP contribution >= 0.6 is 0 Å². The van der Waals surface area contributed by atoms with E-state index in [1.165, 1.54) is 12.8 Å². The largest absolute Gasteiger partial charge is 0.396 e. The van der Waals surface area contributed by atoms with Gasteiger partial charge in [-0.05, 0) is 20.0 Å². The molecule has 1 aromatic rings. The number of likely N-dealkylation sites (N-methyl/N-ethyl adjacent to an activating group) is 1. The average Bonchev–Trinajstić information content (AvgIpc) is 2.58. The Bertz CT molecular complexity index is 256. The lowest BCUT2D eigenvalue weighted by Gasteiger charge is -2.15. The second kappa shape index (κ2) is 5.65. The molecule has 4 nitrogen and oxygen atoms in total. The molecule has 0 bridgehead atoms. The number of unbranched alkanes of at least 4 members (excludes halogenated alkanes) is 1. The van der Waals surface area contributed by atoms with Crippen LogP contribution in [-0.2, 0) is 6.54 Å². The lowest BCUT2D eigenvalue weighted by molar-refractivity contribution is 0.307. The molecule has 0 radical (unpaired) electrons. The van der Waals surface area contributed by atoms with Gasteiger partial charge in [0.1, 0.15) is 0 Å². The van der Waals surface area contributed by atoms with Crippen molar-refractivity contribution in [3.8, 4) is 0 Å². The van der Waals surface area contributed by atoms with Gasteiger partial charge in [-0.2, -0.15) is 5.10 Å². The van der Waals surface area contributed by atoms with Crippen molar-refractivity contribution in [2.75, 3.05) is 25.9 Å². The number of aromatic nitrogens is 2. The summed E-state index contributed by atoms with van der Waals surface area (Å²) in [6.45, 7) is 5.31. The van der Waals surface area contributed by atoms with Crippen molar-refractivity contribution < 1.29 is 0 Å². The minimum Gasteiger partial charge on any atom is -0.396 e. The van der Waals surface area contributed by atoms with Gasteiger partial charge < -0.3 is 10.6 Å². The Labute approximate surface area is 85.7 Å². The number of hydrogen-bond donors (Lipinski definition) is 1. The predicted octanol–water partition coefficient (Wildman–Crippen LogP) is 1.20. The van der Waals surface area contributed by atoms with Crippen LogP contribution in [0.3, 0.4) is 0 Å². The summed E-state index contributed by atoms with van der Waals surface area (Å²) in [5.41, 5.74) is 6.31. The fourth-order valence-corrected chi connectivity index (χ4v) is 1.31. The van der Waals surface area contributed by atoms with E-state index in [4.69, 9.17) is 5.73 Å². The maximum atomic E-state index is 5.57. The van der Waals surface area contributed by atoms with Crippen LogP contribution < -0.4 is 5.73 Å². The zero-order chi connectivity index (χ0) is 10.4. The van der Waals surface area contributed by atoms with Crippen LogP contribution in [-0.4, -0.2) is 34.8 Å². The molecule has 1 rings (SSSR count). The van der Waals surface area contributed by atoms with Crippen molar-refractivity contribution in [2.45, 2.75) is 26.3 Å². The molecular formula is C10H20N4. The number of hydrogen-bond acceptors (Lipinski definition) is 3. The smallest absolute Gasteiger partial charge is 0.0719 e. The molecule has 0 aliphatic heterocycles. The molecule has 0 atom stereocenters. The lowest BCUT2D eigenvalue weighted by Crippen LogP contribution is -2.24. The minimum absolute atomic E-state index is 0.737. The molecule has 4 heteroatoms. The minimum atomic E-state index is 0.737. The van der Waals surface area contributed by atoms with E-state index < -0.39 is 0 Å². The summed E-state index contributed by atoms with van der Waals surface area (Å²) < 4.78 is 1.89. The number of nitrogen functional groups attached to an aromatic ring is 1. The maximum Gasteiger partial charge on any atom is 0.0719 e. The van der Waals surface area contributed by atoms with E-state index in [0.717, 1.165) is 25.3 Å². The first-order valence-electron chi connectivity index (χ1n) is 5.19. The van der Waals surface area contributed by atoms with E-state index in [0.29, 0.717) is 0 Å². The summed E-state index contributed by atoms with van der Waals surface area (Å²) in [6.07, 6.45) is 6.07. The van der Waals surface area contributed by atoms with Crippen LogP contribution in [0.1, 0.15) is 19.8 Å². The summed E-state index contributed by atoms with van der Waals surface area (Å²) in [7, 11) is 2.14. The molecule has 0 saturated heterocycles. The second-order valence-electron chi connectivity index (χ2n) is 3.69. The monoisotopic (exact) mass is 196 g/mol. The van der Waals surface area contributed by atoms with E-state index in [1.54, 1.807) is 6.20 Å². The molecule has 2 N–H and O–H groups in total. The van der Waals surface area contributed by atoms with Crippen molar-refractivity contribution in [1.29, 1.82) is 0 Å². The summed E-state index contributed by atoms with van der Waals surface area (Å²) >= 11 is 0. The highest BCUT2D eigenvalue weighted by atomic mass is 15.3. The quantitative estimate of drug-likeness (QED) is 0.743. The molecule has 14 heavy (non-hydrogen) atoms. The van der Waals surface area contributed by atoms with E-state index in [-0.39, 0.29) is 0 Å². The maximum absolute atomic E-state index is 5.57. The second-order valence-corrected chi connectivity index (χ2v) is 3.69. The first-order chi connectivity index (χ1) is 6.72. The molecule has 1 aromatic heterocycles. The summed E-state index contributed by atoms with van der Waals surface area (Å²) in [6, 6.07) is 0. The predicted molar refractivity (Wildman–Crippen MR) is 59.0 cm³/mol. The molecule has 0 unspecified atom stereocenters. The molecule has 0 saturated carbocycles. The van der Waals surface area contributed by atoms with Crippen molar-refractivity contribution in [3.05, 3.63) is 12.4 Å². The van der Waals surface area contributed by atoms with Gasteiger partial charge in [-0.15, -0.1) is 0 Å². The zero-order valence-electron chi connectivity index (χ0n) is 9.11. The Morgan fingerprint density at radius 3 is 2.86 bits per heavy atom. The highest BCUT2D eigenvalue weighted by Gasteiger charge is 1.98. The van der Waals surface area contributed by atoms with Crippen LogP contribution in [0.4, 0.5) is 5.69 Å². The number of rotatable bonds is 6. The lowest BCUT2D eigenvalue weighted by atomic mass is 10.3. The molecule has 0 amide bonds. The van der Waals surface area contributed by atoms with Gasteiger partial charge in [-0.25, -0.2) is 0 Å². The molecule has 0 fully saturated rings. The van der Waals surface area contributed by atoms with Crippen LogP contribution in [0.25, 0.3) is 0 Å². The van der Waals surface area contributed by atoms with Gasteiger partial charge in [-0.1, -0.05) is 13.3 Å². The van der Waals surface area contributed by atoms with Crippen molar-refractivity contribution in [3.63, 3.8) is 0 Å². The van der Waals surface area contributed by atoms with Crippen LogP contribution in [0.5, 0.6) is 0 Å². The van der Waals surface area contributed by atoms with E-state index in [2.05, 4.69) is 24.0 Å². The van der Waals surface area contributed by atoms with Crippen molar-refractivity contribution in [2.24, 2.45) is 0 Å². The fraction of sp³-hybridized carbons (Fsp3) is 0.700. The molecule has 1 heterocycles. The van der Waals surface area contributed by atoms with Gasteiger partial charge in [0.2, 0.25) is 0 Å². The van der Waals surface area contributed by atoms with Crippen LogP contribution in [0.15, 0.2) is 12.4 Å². The highest BCUT2D eigenvalue weighted by molar-refractivity contribution is 5.30. The Morgan fingerprint density at radius 2 is 2.29 bits per heavy atom. The molecule has 0 aliphatic carbocycles. The first kappa shape index (κ1) is 11.0. The average molecular weight is 196 g/mol. The van der Waals surface area contributed by atoms with Gasteiger partial charge in [0, 0.05) is 12.7 Å². The summed E-state index contributed by atoms with van der Waals surface area (Å²) in [5, 5.41) is 4.13. The Balaban J connectivity index is 2.20. The molecule has 80 valence electrons. The molecule has 0 aromatic carbocycles. The third-order valence-corrected chi connectivity index (χ3v) is 2.26. The van der Waals surface area contributed by atoms with Gasteiger partial charge in [0.05, 0.1) is 18.4 Å². The number of nitrogens with zero attached hydrogens (tertiary/aromatic N) is 3. The van der Waals surface area contributed by atoms with Gasteiger partial charge in [0.25, 0.3) is 0 Å². The number of nitrogens with two attached hydrogens (primary N) is 1. The Morgan fingerprint density at radius 1 is 1.50 bits per heavy atom. The standard InChI is InChI=1S/C10H20N4/c1-3-4-5-13(2)6-7-14-9-10(11)8-12-14/h8-9H,3-7,11H2,1-2H3. The summed E-state index contributed by atoms with van der Waals surface area (Å²) in [5.74, 6) is 0. The molecule has 0 aliphatic rings. The van der Waals surface area contributed by atoms with E-state index in [9.17, 15) is 0 Å². The zero-order valence-corrected chi connectivity index (χ0v) is 9.11. The molecule has 0 spiro atoms. The van der Waals surface area contributed by atoms with Crippen molar-refractivity contribution >= 4 is 5.69 Å². The number of anilines is 1. The topological polar surface area (TPSA) is 47.1 Å². The SMILES string of the molecule is CCCCN(C)CCn1cc(N)cn1. The normalized spacial score (nSPS) is 11.1. The third kappa shape index (κ3) is 3.79. The van der Waals surface area contributed by atoms with Gasteiger partial charge in [0.15, 0.2) is 0 Å². The highest BCUT2D eigenvalue weighted by Crippen LogP contribution is 1.98. The van der Waals surface area contributed by atoms with Crippen LogP contribution in [0.2, 0.25) is 0 Å². The van der Waals surface area contributed by atoms with Gasteiger partial charge >= 0.3 is 0 Å². The Hall–Kier alpha value is -1.03. The third-order valence-electron chi connectivity index (χ3n) is 2.26. The van der Waals surface area contributed by atoms with E-state index in [1.807, 2.05) is 10.9 Å². The Kier molecular flexibility index (Phi) is 4.46. The molecular weight excluding hydrogens is 176 g/mol. The van der Waals surface area contributed by atoms with Gasteiger partial charge in [-0.3, -0.25) is 4.68 Å². The van der Waals surface area contributed by atoms with Crippen molar-refractivity contribution in [1.82, 2.24) is 14.7 Å². The summed E-state index contributed by atoms with van der Waals surface area (Å²) in [4.78, 5) is 2.32. The van der Waals surface area contributed by atoms with Crippen LogP contribution in [0, 0.1) is 0 Å².